The summed E-state index contributed by atoms with van der Waals surface area (Å²) >= 11 is 1.58. The molecule has 0 saturated carbocycles. The fourth-order valence-corrected chi connectivity index (χ4v) is 3.21. The lowest BCUT2D eigenvalue weighted by atomic mass is 10.1. The molecule has 0 atom stereocenters. The van der Waals surface area contributed by atoms with Crippen molar-refractivity contribution in [2.75, 3.05) is 13.1 Å². The Morgan fingerprint density at radius 3 is 2.71 bits per heavy atom. The number of nitrogens with zero attached hydrogens (tertiary/aromatic N) is 2. The first-order valence-electron chi connectivity index (χ1n) is 6.97. The maximum Gasteiger partial charge on any atom is 0.253 e. The second-order valence-electron chi connectivity index (χ2n) is 5.21. The standard InChI is InChI=1S/C16H16N2O2S/c1-11-10-21-15(17-11)12-3-2-4-13(9-12)16(20)18-7-5-14(19)6-8-18/h2-4,9-10H,5-8H2,1H3. The molecule has 0 aliphatic carbocycles. The first-order valence-corrected chi connectivity index (χ1v) is 7.85. The van der Waals surface area contributed by atoms with E-state index in [9.17, 15) is 9.59 Å². The van der Waals surface area contributed by atoms with Crippen LogP contribution in [-0.4, -0.2) is 34.7 Å². The first-order chi connectivity index (χ1) is 10.1. The molecule has 1 aliphatic rings. The minimum absolute atomic E-state index is 0.00220. The van der Waals surface area contributed by atoms with Crippen molar-refractivity contribution in [3.63, 3.8) is 0 Å². The molecule has 0 spiro atoms. The van der Waals surface area contributed by atoms with Gasteiger partial charge in [0.15, 0.2) is 0 Å². The van der Waals surface area contributed by atoms with Gasteiger partial charge in [0.2, 0.25) is 0 Å². The molecule has 21 heavy (non-hydrogen) atoms. The van der Waals surface area contributed by atoms with E-state index in [1.165, 1.54) is 0 Å². The third kappa shape index (κ3) is 3.03. The Morgan fingerprint density at radius 1 is 1.29 bits per heavy atom. The molecule has 2 heterocycles. The third-order valence-electron chi connectivity index (χ3n) is 3.58. The average molecular weight is 300 g/mol. The van der Waals surface area contributed by atoms with E-state index in [4.69, 9.17) is 0 Å². The Bertz CT molecular complexity index is 683. The van der Waals surface area contributed by atoms with Crippen molar-refractivity contribution in [1.29, 1.82) is 0 Å². The van der Waals surface area contributed by atoms with Crippen molar-refractivity contribution in [3.05, 3.63) is 40.9 Å². The number of hydrogen-bond acceptors (Lipinski definition) is 4. The first kappa shape index (κ1) is 13.9. The van der Waals surface area contributed by atoms with Crippen molar-refractivity contribution in [3.8, 4) is 10.6 Å². The maximum atomic E-state index is 12.5. The lowest BCUT2D eigenvalue weighted by Crippen LogP contribution is -2.38. The number of amides is 1. The zero-order valence-corrected chi connectivity index (χ0v) is 12.7. The molecule has 1 aromatic carbocycles. The van der Waals surface area contributed by atoms with Gasteiger partial charge in [0.05, 0.1) is 0 Å². The highest BCUT2D eigenvalue weighted by Crippen LogP contribution is 2.25. The molecule has 1 aromatic heterocycles. The highest BCUT2D eigenvalue weighted by molar-refractivity contribution is 7.13. The third-order valence-corrected chi connectivity index (χ3v) is 4.59. The van der Waals surface area contributed by atoms with Gasteiger partial charge in [-0.05, 0) is 19.1 Å². The van der Waals surface area contributed by atoms with Crippen molar-refractivity contribution >= 4 is 23.0 Å². The Morgan fingerprint density at radius 2 is 2.05 bits per heavy atom. The summed E-state index contributed by atoms with van der Waals surface area (Å²) in [5, 5.41) is 2.93. The zero-order valence-electron chi connectivity index (χ0n) is 11.8. The maximum absolute atomic E-state index is 12.5. The lowest BCUT2D eigenvalue weighted by molar-refractivity contribution is -0.120. The van der Waals surface area contributed by atoms with Crippen molar-refractivity contribution in [1.82, 2.24) is 9.88 Å². The summed E-state index contributed by atoms with van der Waals surface area (Å²) in [7, 11) is 0. The van der Waals surface area contributed by atoms with Gasteiger partial charge in [-0.2, -0.15) is 0 Å². The quantitative estimate of drug-likeness (QED) is 0.857. The summed E-state index contributed by atoms with van der Waals surface area (Å²) in [6.45, 7) is 3.01. The minimum atomic E-state index is -0.00220. The van der Waals surface area contributed by atoms with Crippen LogP contribution in [0.5, 0.6) is 0 Å². The largest absolute Gasteiger partial charge is 0.338 e. The van der Waals surface area contributed by atoms with Gasteiger partial charge in [0.25, 0.3) is 5.91 Å². The Balaban J connectivity index is 1.82. The van der Waals surface area contributed by atoms with Crippen LogP contribution in [0.4, 0.5) is 0 Å². The number of hydrogen-bond donors (Lipinski definition) is 0. The van der Waals surface area contributed by atoms with E-state index in [2.05, 4.69) is 4.98 Å². The van der Waals surface area contributed by atoms with E-state index >= 15 is 0 Å². The molecule has 1 aliphatic heterocycles. The van der Waals surface area contributed by atoms with E-state index in [-0.39, 0.29) is 11.7 Å². The molecule has 108 valence electrons. The predicted molar refractivity (Wildman–Crippen MR) is 82.4 cm³/mol. The van der Waals surface area contributed by atoms with Gasteiger partial charge in [-0.25, -0.2) is 4.98 Å². The number of Topliss-reactive ketones (excluding diaryl/α,β-unsaturated/α-hetero) is 1. The normalized spacial score (nSPS) is 15.3. The van der Waals surface area contributed by atoms with Gasteiger partial charge in [-0.15, -0.1) is 11.3 Å². The number of thiazole rings is 1. The number of benzene rings is 1. The summed E-state index contributed by atoms with van der Waals surface area (Å²) in [6.07, 6.45) is 0.939. The SMILES string of the molecule is Cc1csc(-c2cccc(C(=O)N3CCC(=O)CC3)c2)n1. The second kappa shape index (κ2) is 5.77. The molecule has 1 saturated heterocycles. The molecule has 0 N–H and O–H groups in total. The number of piperidine rings is 1. The summed E-state index contributed by atoms with van der Waals surface area (Å²) in [4.78, 5) is 30.0. The summed E-state index contributed by atoms with van der Waals surface area (Å²) in [5.41, 5.74) is 2.61. The number of likely N-dealkylation sites (tertiary alicyclic amines) is 1. The van der Waals surface area contributed by atoms with Gasteiger partial charge in [0.1, 0.15) is 10.8 Å². The summed E-state index contributed by atoms with van der Waals surface area (Å²) in [5.74, 6) is 0.240. The van der Waals surface area contributed by atoms with Crippen LogP contribution in [0, 0.1) is 6.92 Å². The fourth-order valence-electron chi connectivity index (χ4n) is 2.41. The van der Waals surface area contributed by atoms with Crippen LogP contribution in [0.1, 0.15) is 28.9 Å². The molecule has 1 fully saturated rings. The number of carbonyl (C=O) groups is 2. The molecule has 0 radical (unpaired) electrons. The molecule has 3 rings (SSSR count). The van der Waals surface area contributed by atoms with Crippen LogP contribution in [0.3, 0.4) is 0 Å². The van der Waals surface area contributed by atoms with E-state index in [1.54, 1.807) is 16.2 Å². The Kier molecular flexibility index (Phi) is 3.84. The smallest absolute Gasteiger partial charge is 0.253 e. The molecule has 0 unspecified atom stereocenters. The van der Waals surface area contributed by atoms with E-state index in [1.807, 2.05) is 36.6 Å². The Hall–Kier alpha value is -2.01. The van der Waals surface area contributed by atoms with Crippen LogP contribution < -0.4 is 0 Å². The van der Waals surface area contributed by atoms with E-state index in [0.29, 0.717) is 31.5 Å². The van der Waals surface area contributed by atoms with Crippen molar-refractivity contribution in [2.45, 2.75) is 19.8 Å². The molecular formula is C16H16N2O2S. The van der Waals surface area contributed by atoms with Crippen molar-refractivity contribution < 1.29 is 9.59 Å². The number of carbonyl (C=O) groups excluding carboxylic acids is 2. The summed E-state index contributed by atoms with van der Waals surface area (Å²) in [6, 6.07) is 7.56. The second-order valence-corrected chi connectivity index (χ2v) is 6.06. The van der Waals surface area contributed by atoms with Crippen LogP contribution in [0.25, 0.3) is 10.6 Å². The zero-order chi connectivity index (χ0) is 14.8. The van der Waals surface area contributed by atoms with E-state index < -0.39 is 0 Å². The topological polar surface area (TPSA) is 50.3 Å². The highest BCUT2D eigenvalue weighted by atomic mass is 32.1. The number of ketones is 1. The highest BCUT2D eigenvalue weighted by Gasteiger charge is 2.22. The molecule has 4 nitrogen and oxygen atoms in total. The molecule has 5 heteroatoms. The van der Waals surface area contributed by atoms with Crippen molar-refractivity contribution in [2.24, 2.45) is 0 Å². The van der Waals surface area contributed by atoms with Crippen LogP contribution in [-0.2, 0) is 4.79 Å². The van der Waals surface area contributed by atoms with Gasteiger partial charge < -0.3 is 4.90 Å². The molecule has 1 amide bonds. The van der Waals surface area contributed by atoms with Crippen LogP contribution >= 0.6 is 11.3 Å². The predicted octanol–water partition coefficient (Wildman–Crippen LogP) is 2.92. The molecule has 0 bridgehead atoms. The minimum Gasteiger partial charge on any atom is -0.338 e. The van der Waals surface area contributed by atoms with Gasteiger partial charge in [-0.1, -0.05) is 12.1 Å². The average Bonchev–Trinajstić information content (AvgIpc) is 2.94. The van der Waals surface area contributed by atoms with E-state index in [0.717, 1.165) is 16.3 Å². The summed E-state index contributed by atoms with van der Waals surface area (Å²) < 4.78 is 0. The fraction of sp³-hybridized carbons (Fsp3) is 0.312. The number of rotatable bonds is 2. The van der Waals surface area contributed by atoms with Crippen LogP contribution in [0.2, 0.25) is 0 Å². The number of aromatic nitrogens is 1. The Labute approximate surface area is 127 Å². The monoisotopic (exact) mass is 300 g/mol. The molecular weight excluding hydrogens is 284 g/mol. The molecule has 2 aromatic rings. The number of aryl methyl sites for hydroxylation is 1. The van der Waals surface area contributed by atoms with Gasteiger partial charge >= 0.3 is 0 Å². The van der Waals surface area contributed by atoms with Gasteiger partial charge in [-0.3, -0.25) is 9.59 Å². The van der Waals surface area contributed by atoms with Crippen LogP contribution in [0.15, 0.2) is 29.6 Å². The lowest BCUT2D eigenvalue weighted by Gasteiger charge is -2.26. The van der Waals surface area contributed by atoms with Gasteiger partial charge in [0, 0.05) is 48.1 Å².